The maximum absolute atomic E-state index is 11.8. The van der Waals surface area contributed by atoms with E-state index in [-0.39, 0.29) is 0 Å². The van der Waals surface area contributed by atoms with Crippen molar-refractivity contribution in [2.45, 2.75) is 19.1 Å². The summed E-state index contributed by atoms with van der Waals surface area (Å²) >= 11 is 0. The summed E-state index contributed by atoms with van der Waals surface area (Å²) in [5.41, 5.74) is 0.726. The van der Waals surface area contributed by atoms with Crippen molar-refractivity contribution in [1.82, 2.24) is 10.3 Å². The lowest BCUT2D eigenvalue weighted by Crippen LogP contribution is -2.30. The Hall–Kier alpha value is -1.79. The fourth-order valence-electron chi connectivity index (χ4n) is 1.10. The minimum atomic E-state index is -4.52. The monoisotopic (exact) mass is 248 g/mol. The lowest BCUT2D eigenvalue weighted by molar-refractivity contribution is -0.160. The number of pyridine rings is 1. The molecule has 1 aromatic heterocycles. The lowest BCUT2D eigenvalue weighted by atomic mass is 10.1. The summed E-state index contributed by atoms with van der Waals surface area (Å²) in [5.74, 6) is 0. The van der Waals surface area contributed by atoms with Crippen LogP contribution in [0.4, 0.5) is 18.0 Å². The first-order valence-corrected chi connectivity index (χ1v) is 4.78. The van der Waals surface area contributed by atoms with Crippen LogP contribution in [0.3, 0.4) is 0 Å². The van der Waals surface area contributed by atoms with Gasteiger partial charge in [-0.3, -0.25) is 4.98 Å². The van der Waals surface area contributed by atoms with E-state index >= 15 is 0 Å². The molecule has 1 N–H and O–H groups in total. The van der Waals surface area contributed by atoms with Crippen molar-refractivity contribution in [3.05, 3.63) is 30.1 Å². The normalized spacial score (nSPS) is 12.9. The molecule has 0 aromatic carbocycles. The van der Waals surface area contributed by atoms with Gasteiger partial charge in [-0.2, -0.15) is 13.2 Å². The smallest absolute Gasteiger partial charge is 0.422 e. The Kier molecular flexibility index (Phi) is 4.30. The van der Waals surface area contributed by atoms with Crippen molar-refractivity contribution in [2.75, 3.05) is 6.61 Å². The van der Waals surface area contributed by atoms with E-state index in [1.807, 2.05) is 0 Å². The Morgan fingerprint density at radius 3 is 2.59 bits per heavy atom. The van der Waals surface area contributed by atoms with Crippen LogP contribution in [0.1, 0.15) is 18.5 Å². The van der Waals surface area contributed by atoms with Gasteiger partial charge in [-0.05, 0) is 24.6 Å². The van der Waals surface area contributed by atoms with Crippen LogP contribution >= 0.6 is 0 Å². The van der Waals surface area contributed by atoms with Gasteiger partial charge in [-0.1, -0.05) is 0 Å². The third kappa shape index (κ3) is 5.19. The molecule has 1 atom stereocenters. The molecule has 17 heavy (non-hydrogen) atoms. The van der Waals surface area contributed by atoms with Crippen LogP contribution in [0.2, 0.25) is 0 Å². The van der Waals surface area contributed by atoms with Gasteiger partial charge >= 0.3 is 12.3 Å². The van der Waals surface area contributed by atoms with E-state index in [1.54, 1.807) is 19.1 Å². The van der Waals surface area contributed by atoms with Gasteiger partial charge in [0, 0.05) is 12.4 Å². The molecule has 1 unspecified atom stereocenters. The quantitative estimate of drug-likeness (QED) is 0.893. The summed E-state index contributed by atoms with van der Waals surface area (Å²) in [7, 11) is 0. The van der Waals surface area contributed by atoms with E-state index in [1.165, 1.54) is 12.4 Å². The summed E-state index contributed by atoms with van der Waals surface area (Å²) < 4.78 is 39.3. The maximum atomic E-state index is 11.8. The Labute approximate surface area is 95.8 Å². The van der Waals surface area contributed by atoms with Gasteiger partial charge in [0.25, 0.3) is 0 Å². The van der Waals surface area contributed by atoms with Crippen LogP contribution in [0.15, 0.2) is 24.5 Å². The number of hydrogen-bond donors (Lipinski definition) is 1. The highest BCUT2D eigenvalue weighted by Crippen LogP contribution is 2.15. The summed E-state index contributed by atoms with van der Waals surface area (Å²) in [6, 6.07) is 2.85. The maximum Gasteiger partial charge on any atom is 0.422 e. The Morgan fingerprint density at radius 1 is 1.47 bits per heavy atom. The van der Waals surface area contributed by atoms with E-state index < -0.39 is 24.9 Å². The molecule has 0 radical (unpaired) electrons. The van der Waals surface area contributed by atoms with Crippen LogP contribution < -0.4 is 5.32 Å². The Morgan fingerprint density at radius 2 is 2.06 bits per heavy atom. The number of aromatic nitrogens is 1. The molecule has 1 aromatic rings. The largest absolute Gasteiger partial charge is 0.440 e. The molecule has 1 rings (SSSR count). The van der Waals surface area contributed by atoms with Crippen molar-refractivity contribution in [3.63, 3.8) is 0 Å². The lowest BCUT2D eigenvalue weighted by Gasteiger charge is -2.14. The molecule has 0 aliphatic carbocycles. The van der Waals surface area contributed by atoms with E-state index in [9.17, 15) is 18.0 Å². The zero-order valence-corrected chi connectivity index (χ0v) is 8.99. The van der Waals surface area contributed by atoms with E-state index in [0.717, 1.165) is 5.56 Å². The number of halogens is 3. The van der Waals surface area contributed by atoms with Gasteiger partial charge in [0.15, 0.2) is 6.61 Å². The molecule has 7 heteroatoms. The van der Waals surface area contributed by atoms with Gasteiger partial charge in [0.1, 0.15) is 0 Å². The van der Waals surface area contributed by atoms with Crippen LogP contribution in [0.25, 0.3) is 0 Å². The van der Waals surface area contributed by atoms with Gasteiger partial charge < -0.3 is 10.1 Å². The molecule has 0 aliphatic rings. The van der Waals surface area contributed by atoms with Crippen LogP contribution in [-0.4, -0.2) is 23.9 Å². The topological polar surface area (TPSA) is 51.2 Å². The van der Waals surface area contributed by atoms with Gasteiger partial charge in [-0.15, -0.1) is 0 Å². The molecule has 4 nitrogen and oxygen atoms in total. The second-order valence-electron chi connectivity index (χ2n) is 3.34. The molecule has 0 aliphatic heterocycles. The SMILES string of the molecule is CC(NC(=O)OCC(F)(F)F)c1ccncc1. The molecule has 1 amide bonds. The zero-order chi connectivity index (χ0) is 12.9. The summed E-state index contributed by atoms with van der Waals surface area (Å²) in [4.78, 5) is 14.8. The first-order chi connectivity index (χ1) is 7.88. The number of nitrogens with one attached hydrogen (secondary N) is 1. The molecule has 0 saturated carbocycles. The number of alkyl halides is 3. The Bertz CT molecular complexity index is 368. The first kappa shape index (κ1) is 13.3. The molecule has 0 fully saturated rings. The van der Waals surface area contributed by atoms with Crippen LogP contribution in [0.5, 0.6) is 0 Å². The van der Waals surface area contributed by atoms with Crippen molar-refractivity contribution in [1.29, 1.82) is 0 Å². The number of amides is 1. The molecule has 1 heterocycles. The summed E-state index contributed by atoms with van der Waals surface area (Å²) in [5, 5.41) is 2.28. The number of ether oxygens (including phenoxy) is 1. The predicted molar refractivity (Wildman–Crippen MR) is 53.2 cm³/mol. The molecule has 0 saturated heterocycles. The minimum Gasteiger partial charge on any atom is -0.440 e. The third-order valence-electron chi connectivity index (χ3n) is 1.91. The number of rotatable bonds is 3. The van der Waals surface area contributed by atoms with Crippen LogP contribution in [0, 0.1) is 0 Å². The Balaban J connectivity index is 2.42. The highest BCUT2D eigenvalue weighted by atomic mass is 19.4. The van der Waals surface area contributed by atoms with Crippen molar-refractivity contribution >= 4 is 6.09 Å². The average Bonchev–Trinajstić information content (AvgIpc) is 2.27. The average molecular weight is 248 g/mol. The fourth-order valence-corrected chi connectivity index (χ4v) is 1.10. The van der Waals surface area contributed by atoms with Crippen molar-refractivity contribution < 1.29 is 22.7 Å². The first-order valence-electron chi connectivity index (χ1n) is 4.78. The third-order valence-corrected chi connectivity index (χ3v) is 1.91. The van der Waals surface area contributed by atoms with Crippen molar-refractivity contribution in [2.24, 2.45) is 0 Å². The van der Waals surface area contributed by atoms with Crippen molar-refractivity contribution in [3.8, 4) is 0 Å². The highest BCUT2D eigenvalue weighted by Gasteiger charge is 2.29. The standard InChI is InChI=1S/C10H11F3N2O2/c1-7(8-2-4-14-5-3-8)15-9(16)17-6-10(11,12)13/h2-5,7H,6H2,1H3,(H,15,16). The zero-order valence-electron chi connectivity index (χ0n) is 8.99. The summed E-state index contributed by atoms with van der Waals surface area (Å²) in [6.07, 6.45) is -2.58. The molecule has 94 valence electrons. The number of hydrogen-bond acceptors (Lipinski definition) is 3. The number of alkyl carbamates (subject to hydrolysis) is 1. The number of nitrogens with zero attached hydrogens (tertiary/aromatic N) is 1. The van der Waals surface area contributed by atoms with Gasteiger partial charge in [0.2, 0.25) is 0 Å². The number of carbonyl (C=O) groups is 1. The van der Waals surface area contributed by atoms with Gasteiger partial charge in [0.05, 0.1) is 6.04 Å². The second-order valence-corrected chi connectivity index (χ2v) is 3.34. The number of carbonyl (C=O) groups excluding carboxylic acids is 1. The fraction of sp³-hybridized carbons (Fsp3) is 0.400. The minimum absolute atomic E-state index is 0.446. The van der Waals surface area contributed by atoms with E-state index in [2.05, 4.69) is 15.0 Å². The van der Waals surface area contributed by atoms with E-state index in [0.29, 0.717) is 0 Å². The predicted octanol–water partition coefficient (Wildman–Crippen LogP) is 2.43. The highest BCUT2D eigenvalue weighted by molar-refractivity contribution is 5.67. The van der Waals surface area contributed by atoms with Crippen LogP contribution in [-0.2, 0) is 4.74 Å². The summed E-state index contributed by atoms with van der Waals surface area (Å²) in [6.45, 7) is 0.0338. The second kappa shape index (κ2) is 5.51. The molecular weight excluding hydrogens is 237 g/mol. The van der Waals surface area contributed by atoms with E-state index in [4.69, 9.17) is 0 Å². The molecule has 0 spiro atoms. The van der Waals surface area contributed by atoms with Gasteiger partial charge in [-0.25, -0.2) is 4.79 Å². The molecular formula is C10H11F3N2O2. The molecule has 0 bridgehead atoms.